The molecule has 0 bridgehead atoms. The Balaban J connectivity index is 1.66. The van der Waals surface area contributed by atoms with Gasteiger partial charge in [-0.15, -0.1) is 0 Å². The molecular formula is C14H17Cl2N. The lowest BCUT2D eigenvalue weighted by molar-refractivity contribution is 0.281. The van der Waals surface area contributed by atoms with Crippen molar-refractivity contribution in [2.75, 3.05) is 6.54 Å². The Labute approximate surface area is 112 Å². The van der Waals surface area contributed by atoms with Crippen molar-refractivity contribution in [1.29, 1.82) is 0 Å². The highest BCUT2D eigenvalue weighted by Crippen LogP contribution is 2.41. The fraction of sp³-hybridized carbons (Fsp3) is 0.571. The first-order valence-electron chi connectivity index (χ1n) is 6.42. The zero-order valence-corrected chi connectivity index (χ0v) is 11.3. The molecule has 17 heavy (non-hydrogen) atoms. The second kappa shape index (κ2) is 4.79. The van der Waals surface area contributed by atoms with Gasteiger partial charge < -0.3 is 5.32 Å². The van der Waals surface area contributed by atoms with Crippen LogP contribution in [-0.2, 0) is 0 Å². The Morgan fingerprint density at radius 1 is 1.12 bits per heavy atom. The van der Waals surface area contributed by atoms with Crippen molar-refractivity contribution in [2.45, 2.75) is 37.6 Å². The lowest BCUT2D eigenvalue weighted by Gasteiger charge is -2.38. The summed E-state index contributed by atoms with van der Waals surface area (Å²) in [5.41, 5.74) is 1.26. The summed E-state index contributed by atoms with van der Waals surface area (Å²) >= 11 is 12.2. The molecule has 2 fully saturated rings. The van der Waals surface area contributed by atoms with E-state index >= 15 is 0 Å². The molecule has 2 saturated carbocycles. The van der Waals surface area contributed by atoms with Gasteiger partial charge in [-0.1, -0.05) is 29.3 Å². The zero-order valence-electron chi connectivity index (χ0n) is 9.76. The van der Waals surface area contributed by atoms with Crippen molar-refractivity contribution in [1.82, 2.24) is 5.32 Å². The fourth-order valence-corrected chi connectivity index (χ4v) is 3.11. The summed E-state index contributed by atoms with van der Waals surface area (Å²) < 4.78 is 0. The zero-order chi connectivity index (χ0) is 11.8. The van der Waals surface area contributed by atoms with Gasteiger partial charge >= 0.3 is 0 Å². The summed E-state index contributed by atoms with van der Waals surface area (Å²) in [6.45, 7) is 1.19. The molecule has 0 amide bonds. The Morgan fingerprint density at radius 3 is 2.53 bits per heavy atom. The molecule has 0 spiro atoms. The van der Waals surface area contributed by atoms with Gasteiger partial charge in [-0.3, -0.25) is 0 Å². The molecular weight excluding hydrogens is 253 g/mol. The van der Waals surface area contributed by atoms with E-state index in [4.69, 9.17) is 23.2 Å². The topological polar surface area (TPSA) is 12.0 Å². The number of benzene rings is 1. The van der Waals surface area contributed by atoms with Crippen molar-refractivity contribution in [2.24, 2.45) is 5.92 Å². The van der Waals surface area contributed by atoms with E-state index in [2.05, 4.69) is 11.4 Å². The van der Waals surface area contributed by atoms with Crippen LogP contribution in [0.2, 0.25) is 10.0 Å². The molecule has 0 aliphatic heterocycles. The molecule has 2 atom stereocenters. The van der Waals surface area contributed by atoms with Crippen LogP contribution >= 0.6 is 23.2 Å². The maximum absolute atomic E-state index is 6.27. The normalized spacial score (nSPS) is 27.9. The van der Waals surface area contributed by atoms with Crippen LogP contribution < -0.4 is 5.32 Å². The summed E-state index contributed by atoms with van der Waals surface area (Å²) in [6, 6.07) is 6.50. The minimum atomic E-state index is 0.582. The summed E-state index contributed by atoms with van der Waals surface area (Å²) in [5, 5.41) is 5.22. The molecule has 2 aliphatic rings. The predicted octanol–water partition coefficient (Wildman–Crippen LogP) is 4.24. The van der Waals surface area contributed by atoms with Crippen LogP contribution in [0.25, 0.3) is 0 Å². The second-order valence-corrected chi connectivity index (χ2v) is 6.15. The molecule has 0 aromatic heterocycles. The standard InChI is InChI=1S/C14H17Cl2N/c15-10-3-4-11(13(16)7-10)12-5-6-14(12)17-8-9-1-2-9/h3-4,7,9,12,14,17H,1-2,5-6,8H2. The minimum Gasteiger partial charge on any atom is -0.313 e. The molecule has 0 radical (unpaired) electrons. The number of hydrogen-bond acceptors (Lipinski definition) is 1. The van der Waals surface area contributed by atoms with E-state index in [1.807, 2.05) is 12.1 Å². The third kappa shape index (κ3) is 2.62. The summed E-state index contributed by atoms with van der Waals surface area (Å²) in [6.07, 6.45) is 5.33. The van der Waals surface area contributed by atoms with Crippen LogP contribution in [0.3, 0.4) is 0 Å². The summed E-state index contributed by atoms with van der Waals surface area (Å²) in [7, 11) is 0. The van der Waals surface area contributed by atoms with Crippen LogP contribution in [-0.4, -0.2) is 12.6 Å². The molecule has 3 rings (SSSR count). The third-order valence-corrected chi connectivity index (χ3v) is 4.56. The molecule has 1 N–H and O–H groups in total. The number of halogens is 2. The first-order valence-corrected chi connectivity index (χ1v) is 7.18. The van der Waals surface area contributed by atoms with Gasteiger partial charge in [0, 0.05) is 22.0 Å². The Bertz CT molecular complexity index is 415. The van der Waals surface area contributed by atoms with Gasteiger partial charge in [0.05, 0.1) is 0 Å². The van der Waals surface area contributed by atoms with Crippen LogP contribution in [0.15, 0.2) is 18.2 Å². The van der Waals surface area contributed by atoms with Crippen molar-refractivity contribution in [3.05, 3.63) is 33.8 Å². The highest BCUT2D eigenvalue weighted by atomic mass is 35.5. The van der Waals surface area contributed by atoms with E-state index in [9.17, 15) is 0 Å². The molecule has 0 saturated heterocycles. The van der Waals surface area contributed by atoms with Gasteiger partial charge in [0.25, 0.3) is 0 Å². The predicted molar refractivity (Wildman–Crippen MR) is 73.0 cm³/mol. The van der Waals surface area contributed by atoms with Gasteiger partial charge in [-0.25, -0.2) is 0 Å². The van der Waals surface area contributed by atoms with Gasteiger partial charge in [0.2, 0.25) is 0 Å². The number of nitrogens with one attached hydrogen (secondary N) is 1. The molecule has 2 aliphatic carbocycles. The molecule has 3 heteroatoms. The average Bonchev–Trinajstić information content (AvgIpc) is 3.04. The minimum absolute atomic E-state index is 0.582. The largest absolute Gasteiger partial charge is 0.313 e. The summed E-state index contributed by atoms with van der Waals surface area (Å²) in [4.78, 5) is 0. The molecule has 1 aromatic carbocycles. The SMILES string of the molecule is Clc1ccc(C2CCC2NCC2CC2)c(Cl)c1. The fourth-order valence-electron chi connectivity index (χ4n) is 2.56. The van der Waals surface area contributed by atoms with E-state index in [1.165, 1.54) is 37.8 Å². The first-order chi connectivity index (χ1) is 8.24. The second-order valence-electron chi connectivity index (χ2n) is 5.31. The van der Waals surface area contributed by atoms with Crippen molar-refractivity contribution < 1.29 is 0 Å². The number of hydrogen-bond donors (Lipinski definition) is 1. The van der Waals surface area contributed by atoms with E-state index in [1.54, 1.807) is 0 Å². The lowest BCUT2D eigenvalue weighted by Crippen LogP contribution is -2.43. The molecule has 1 nitrogen and oxygen atoms in total. The van der Waals surface area contributed by atoms with Crippen molar-refractivity contribution in [3.63, 3.8) is 0 Å². The van der Waals surface area contributed by atoms with E-state index in [-0.39, 0.29) is 0 Å². The quantitative estimate of drug-likeness (QED) is 0.862. The third-order valence-electron chi connectivity index (χ3n) is 4.00. The van der Waals surface area contributed by atoms with Gasteiger partial charge in [0.15, 0.2) is 0 Å². The maximum atomic E-state index is 6.27. The van der Waals surface area contributed by atoms with Gasteiger partial charge in [-0.05, 0) is 55.8 Å². The van der Waals surface area contributed by atoms with Gasteiger partial charge in [-0.2, -0.15) is 0 Å². The van der Waals surface area contributed by atoms with E-state index < -0.39 is 0 Å². The lowest BCUT2D eigenvalue weighted by atomic mass is 9.75. The molecule has 92 valence electrons. The molecule has 0 heterocycles. The Morgan fingerprint density at radius 2 is 1.94 bits per heavy atom. The van der Waals surface area contributed by atoms with Crippen LogP contribution in [0, 0.1) is 5.92 Å². The average molecular weight is 270 g/mol. The molecule has 2 unspecified atom stereocenters. The molecule has 1 aromatic rings. The first kappa shape index (κ1) is 11.8. The van der Waals surface area contributed by atoms with E-state index in [0.717, 1.165) is 16.0 Å². The van der Waals surface area contributed by atoms with Gasteiger partial charge in [0.1, 0.15) is 0 Å². The Hall–Kier alpha value is -0.240. The van der Waals surface area contributed by atoms with Crippen LogP contribution in [0.1, 0.15) is 37.2 Å². The smallest absolute Gasteiger partial charge is 0.0456 e. The van der Waals surface area contributed by atoms with Crippen LogP contribution in [0.4, 0.5) is 0 Å². The Kier molecular flexibility index (Phi) is 3.34. The van der Waals surface area contributed by atoms with Crippen molar-refractivity contribution >= 4 is 23.2 Å². The highest BCUT2D eigenvalue weighted by molar-refractivity contribution is 6.35. The van der Waals surface area contributed by atoms with Crippen LogP contribution in [0.5, 0.6) is 0 Å². The maximum Gasteiger partial charge on any atom is 0.0456 e. The highest BCUT2D eigenvalue weighted by Gasteiger charge is 2.34. The van der Waals surface area contributed by atoms with Crippen molar-refractivity contribution in [3.8, 4) is 0 Å². The van der Waals surface area contributed by atoms with E-state index in [0.29, 0.717) is 12.0 Å². The monoisotopic (exact) mass is 269 g/mol. The number of rotatable bonds is 4. The summed E-state index contributed by atoms with van der Waals surface area (Å²) in [5.74, 6) is 1.52.